The van der Waals surface area contributed by atoms with Gasteiger partial charge in [0.1, 0.15) is 0 Å². The Morgan fingerprint density at radius 1 is 0.857 bits per heavy atom. The van der Waals surface area contributed by atoms with Gasteiger partial charge >= 0.3 is 0 Å². The predicted molar refractivity (Wildman–Crippen MR) is 126 cm³/mol. The van der Waals surface area contributed by atoms with E-state index in [2.05, 4.69) is 49.7 Å². The molecule has 1 aliphatic rings. The van der Waals surface area contributed by atoms with Crippen LogP contribution in [0, 0.1) is 0 Å². The fourth-order valence-electron chi connectivity index (χ4n) is 3.34. The molecule has 2 heteroatoms. The zero-order chi connectivity index (χ0) is 20.8. The van der Waals surface area contributed by atoms with Crippen molar-refractivity contribution in [2.24, 2.45) is 0 Å². The molecular formula is C26H40N2. The maximum atomic E-state index is 4.25. The first-order valence-corrected chi connectivity index (χ1v) is 10.6. The van der Waals surface area contributed by atoms with Gasteiger partial charge in [0.2, 0.25) is 0 Å². The molecule has 0 saturated carbocycles. The minimum atomic E-state index is 0.804. The average Bonchev–Trinajstić information content (AvgIpc) is 2.98. The lowest BCUT2D eigenvalue weighted by atomic mass is 10.0. The molecule has 2 nitrogen and oxygen atoms in total. The van der Waals surface area contributed by atoms with Crippen molar-refractivity contribution in [3.63, 3.8) is 0 Å². The molecule has 154 valence electrons. The highest BCUT2D eigenvalue weighted by Crippen LogP contribution is 2.29. The van der Waals surface area contributed by atoms with Crippen LogP contribution in [0.1, 0.15) is 64.2 Å². The van der Waals surface area contributed by atoms with Crippen LogP contribution in [0.25, 0.3) is 0 Å². The molecule has 0 aromatic carbocycles. The molecule has 1 fully saturated rings. The molecule has 0 atom stereocenters. The van der Waals surface area contributed by atoms with Gasteiger partial charge in [-0.2, -0.15) is 0 Å². The molecule has 0 amide bonds. The Bertz CT molecular complexity index is 590. The van der Waals surface area contributed by atoms with Crippen molar-refractivity contribution in [2.45, 2.75) is 64.2 Å². The number of likely N-dealkylation sites (tertiary alicyclic amines) is 1. The van der Waals surface area contributed by atoms with Crippen LogP contribution in [0.5, 0.6) is 0 Å². The average molecular weight is 381 g/mol. The van der Waals surface area contributed by atoms with E-state index >= 15 is 0 Å². The molecule has 0 unspecified atom stereocenters. The fourth-order valence-corrected chi connectivity index (χ4v) is 3.34. The van der Waals surface area contributed by atoms with Crippen LogP contribution in [0.4, 0.5) is 0 Å². The number of hydrogen-bond donors (Lipinski definition) is 1. The van der Waals surface area contributed by atoms with Gasteiger partial charge < -0.3 is 10.2 Å². The van der Waals surface area contributed by atoms with Gasteiger partial charge in [-0.1, -0.05) is 88.5 Å². The Hall–Kier alpha value is -2.22. The number of nitrogens with one attached hydrogen (secondary N) is 1. The maximum absolute atomic E-state index is 4.25. The molecule has 0 spiro atoms. The molecule has 1 N–H and O–H groups in total. The quantitative estimate of drug-likeness (QED) is 0.173. The van der Waals surface area contributed by atoms with Crippen molar-refractivity contribution in [2.75, 3.05) is 13.1 Å². The molecule has 0 bridgehead atoms. The first kappa shape index (κ1) is 23.8. The molecule has 1 heterocycles. The Morgan fingerprint density at radius 2 is 1.39 bits per heavy atom. The van der Waals surface area contributed by atoms with E-state index < -0.39 is 0 Å². The summed E-state index contributed by atoms with van der Waals surface area (Å²) in [5.41, 5.74) is 5.84. The number of nitrogens with zero attached hydrogens (tertiary/aromatic N) is 1. The zero-order valence-electron chi connectivity index (χ0n) is 17.9. The summed E-state index contributed by atoms with van der Waals surface area (Å²) in [5.74, 6) is 0. The van der Waals surface area contributed by atoms with Crippen molar-refractivity contribution >= 4 is 0 Å². The molecule has 0 aromatic heterocycles. The van der Waals surface area contributed by atoms with E-state index in [4.69, 9.17) is 0 Å². The first-order valence-electron chi connectivity index (χ1n) is 10.6. The van der Waals surface area contributed by atoms with E-state index in [1.54, 1.807) is 6.08 Å². The molecule has 1 rings (SSSR count). The number of hydrogen-bond acceptors (Lipinski definition) is 2. The van der Waals surface area contributed by atoms with Crippen molar-refractivity contribution < 1.29 is 0 Å². The minimum absolute atomic E-state index is 0.804. The summed E-state index contributed by atoms with van der Waals surface area (Å²) in [7, 11) is 0. The standard InChI is InChI=1S/C26H40N2/c1-7-8-17-24(4)27-20-22(2)15-13-11-9-10-12-14-16-23(3)21-28-25(5)18-19-26(28)6/h7-8,17,27H,1-6,9-16,18-21H2/b17-8-. The van der Waals surface area contributed by atoms with E-state index in [9.17, 15) is 0 Å². The van der Waals surface area contributed by atoms with Crippen LogP contribution in [0.2, 0.25) is 0 Å². The third-order valence-corrected chi connectivity index (χ3v) is 5.16. The van der Waals surface area contributed by atoms with Crippen molar-refractivity contribution in [1.82, 2.24) is 10.2 Å². The third kappa shape index (κ3) is 10.2. The molecule has 0 aliphatic carbocycles. The number of allylic oxidation sites excluding steroid dienone is 5. The summed E-state index contributed by atoms with van der Waals surface area (Å²) in [5, 5.41) is 3.28. The lowest BCUT2D eigenvalue weighted by Gasteiger charge is -2.22. The second-order valence-electron chi connectivity index (χ2n) is 7.81. The summed E-state index contributed by atoms with van der Waals surface area (Å²) < 4.78 is 0. The Labute approximate surface area is 173 Å². The Balaban J connectivity index is 1.96. The first-order chi connectivity index (χ1) is 13.4. The summed E-state index contributed by atoms with van der Waals surface area (Å²) in [6, 6.07) is 0. The van der Waals surface area contributed by atoms with Gasteiger partial charge in [-0.25, -0.2) is 0 Å². The third-order valence-electron chi connectivity index (χ3n) is 5.16. The monoisotopic (exact) mass is 380 g/mol. The highest BCUT2D eigenvalue weighted by molar-refractivity contribution is 5.19. The summed E-state index contributed by atoms with van der Waals surface area (Å²) in [4.78, 5) is 2.25. The minimum Gasteiger partial charge on any atom is -0.382 e. The smallest absolute Gasteiger partial charge is 0.0432 e. The van der Waals surface area contributed by atoms with Gasteiger partial charge in [0, 0.05) is 30.2 Å². The molecule has 1 aliphatic heterocycles. The highest BCUT2D eigenvalue weighted by atomic mass is 15.2. The van der Waals surface area contributed by atoms with Crippen molar-refractivity contribution in [3.05, 3.63) is 85.9 Å². The Kier molecular flexibility index (Phi) is 11.8. The van der Waals surface area contributed by atoms with Crippen LogP contribution in [-0.4, -0.2) is 18.0 Å². The topological polar surface area (TPSA) is 15.3 Å². The van der Waals surface area contributed by atoms with E-state index in [1.807, 2.05) is 12.2 Å². The lowest BCUT2D eigenvalue weighted by molar-refractivity contribution is 0.485. The van der Waals surface area contributed by atoms with Gasteiger partial charge in [-0.05, 0) is 44.6 Å². The largest absolute Gasteiger partial charge is 0.382 e. The van der Waals surface area contributed by atoms with E-state index in [-0.39, 0.29) is 0 Å². The highest BCUT2D eigenvalue weighted by Gasteiger charge is 2.19. The van der Waals surface area contributed by atoms with Gasteiger partial charge in [0.15, 0.2) is 0 Å². The molecular weight excluding hydrogens is 340 g/mol. The fraction of sp³-hybridized carbons (Fsp3) is 0.462. The van der Waals surface area contributed by atoms with Gasteiger partial charge in [-0.3, -0.25) is 0 Å². The molecule has 1 saturated heterocycles. The van der Waals surface area contributed by atoms with E-state index in [0.29, 0.717) is 0 Å². The number of unbranched alkanes of at least 4 members (excludes halogenated alkanes) is 5. The second-order valence-corrected chi connectivity index (χ2v) is 7.81. The Morgan fingerprint density at radius 3 is 1.96 bits per heavy atom. The van der Waals surface area contributed by atoms with Crippen LogP contribution >= 0.6 is 0 Å². The predicted octanol–water partition coefficient (Wildman–Crippen LogP) is 7.19. The van der Waals surface area contributed by atoms with Crippen LogP contribution in [0.15, 0.2) is 85.9 Å². The summed E-state index contributed by atoms with van der Waals surface area (Å²) >= 11 is 0. The van der Waals surface area contributed by atoms with Crippen LogP contribution in [0.3, 0.4) is 0 Å². The van der Waals surface area contributed by atoms with Crippen LogP contribution < -0.4 is 5.32 Å². The normalized spacial score (nSPS) is 13.9. The molecule has 0 radical (unpaired) electrons. The number of rotatable bonds is 16. The summed E-state index contributed by atoms with van der Waals surface area (Å²) in [6.07, 6.45) is 17.5. The van der Waals surface area contributed by atoms with E-state index in [1.165, 1.54) is 61.1 Å². The van der Waals surface area contributed by atoms with E-state index in [0.717, 1.165) is 44.5 Å². The van der Waals surface area contributed by atoms with Gasteiger partial charge in [0.05, 0.1) is 0 Å². The maximum Gasteiger partial charge on any atom is 0.0432 e. The molecule has 28 heavy (non-hydrogen) atoms. The van der Waals surface area contributed by atoms with Gasteiger partial charge in [-0.15, -0.1) is 0 Å². The van der Waals surface area contributed by atoms with Crippen molar-refractivity contribution in [3.8, 4) is 0 Å². The van der Waals surface area contributed by atoms with Crippen molar-refractivity contribution in [1.29, 1.82) is 0 Å². The van der Waals surface area contributed by atoms with Crippen LogP contribution in [-0.2, 0) is 0 Å². The lowest BCUT2D eigenvalue weighted by Crippen LogP contribution is -2.17. The second kappa shape index (κ2) is 13.9. The zero-order valence-corrected chi connectivity index (χ0v) is 17.9. The molecule has 0 aromatic rings. The summed E-state index contributed by atoms with van der Waals surface area (Å²) in [6.45, 7) is 26.0. The van der Waals surface area contributed by atoms with Gasteiger partial charge in [0.25, 0.3) is 0 Å². The SMILES string of the molecule is C=C/C=C\C(=C)NCC(=C)CCCCCCCCC(=C)CN1C(=C)CCC1=C.